The highest BCUT2D eigenvalue weighted by Crippen LogP contribution is 2.21. The number of tetrazole rings is 1. The third kappa shape index (κ3) is 2.97. The Labute approximate surface area is 141 Å². The molecular formula is C17H12FN5O2. The minimum absolute atomic E-state index is 0.170. The van der Waals surface area contributed by atoms with Crippen molar-refractivity contribution >= 4 is 17.2 Å². The van der Waals surface area contributed by atoms with E-state index in [0.29, 0.717) is 22.7 Å². The standard InChI is InChI=1S/C17H12FN5O2/c18-13-3-1-4-14(9-13)22(11-15-5-2-8-25-15)17(24)12-6-7-16-19-20-21-23(16)10-12/h1-10H,11H2. The molecule has 0 saturated carbocycles. The van der Waals surface area contributed by atoms with Crippen LogP contribution in [0.4, 0.5) is 10.1 Å². The van der Waals surface area contributed by atoms with Crippen LogP contribution in [-0.2, 0) is 6.54 Å². The molecule has 0 radical (unpaired) electrons. The smallest absolute Gasteiger partial charge is 0.260 e. The topological polar surface area (TPSA) is 76.5 Å². The Bertz CT molecular complexity index is 1030. The lowest BCUT2D eigenvalue weighted by molar-refractivity contribution is 0.0982. The molecule has 3 heterocycles. The first-order valence-corrected chi connectivity index (χ1v) is 7.48. The van der Waals surface area contributed by atoms with Gasteiger partial charge in [-0.25, -0.2) is 4.39 Å². The number of nitrogens with zero attached hydrogens (tertiary/aromatic N) is 5. The predicted molar refractivity (Wildman–Crippen MR) is 86.4 cm³/mol. The number of pyridine rings is 1. The van der Waals surface area contributed by atoms with Crippen LogP contribution in [0.5, 0.6) is 0 Å². The molecule has 124 valence electrons. The van der Waals surface area contributed by atoms with E-state index in [1.54, 1.807) is 36.4 Å². The molecule has 8 heteroatoms. The Morgan fingerprint density at radius 2 is 2.12 bits per heavy atom. The molecule has 0 spiro atoms. The second-order valence-corrected chi connectivity index (χ2v) is 5.35. The fraction of sp³-hybridized carbons (Fsp3) is 0.0588. The Kier molecular flexibility index (Phi) is 3.70. The summed E-state index contributed by atoms with van der Waals surface area (Å²) in [7, 11) is 0. The number of benzene rings is 1. The molecule has 4 aromatic rings. The first-order chi connectivity index (χ1) is 12.2. The third-order valence-corrected chi connectivity index (χ3v) is 3.70. The monoisotopic (exact) mass is 337 g/mol. The average molecular weight is 337 g/mol. The highest BCUT2D eigenvalue weighted by molar-refractivity contribution is 6.05. The Hall–Kier alpha value is -3.55. The third-order valence-electron chi connectivity index (χ3n) is 3.70. The number of carbonyl (C=O) groups excluding carboxylic acids is 1. The van der Waals surface area contributed by atoms with Crippen LogP contribution in [0.25, 0.3) is 5.65 Å². The zero-order valence-corrected chi connectivity index (χ0v) is 12.9. The van der Waals surface area contributed by atoms with Crippen LogP contribution in [0.2, 0.25) is 0 Å². The minimum atomic E-state index is -0.425. The Morgan fingerprint density at radius 1 is 1.20 bits per heavy atom. The SMILES string of the molecule is O=C(c1ccc2nnnn2c1)N(Cc1ccco1)c1cccc(F)c1. The molecule has 0 N–H and O–H groups in total. The molecular weight excluding hydrogens is 325 g/mol. The van der Waals surface area contributed by atoms with Crippen LogP contribution >= 0.6 is 0 Å². The second kappa shape index (κ2) is 6.16. The molecule has 1 aromatic carbocycles. The van der Waals surface area contributed by atoms with Crippen LogP contribution in [0, 0.1) is 5.82 Å². The molecule has 3 aromatic heterocycles. The molecule has 7 nitrogen and oxygen atoms in total. The Morgan fingerprint density at radius 3 is 2.92 bits per heavy atom. The number of hydrogen-bond acceptors (Lipinski definition) is 5. The van der Waals surface area contributed by atoms with Gasteiger partial charge in [-0.1, -0.05) is 6.07 Å². The van der Waals surface area contributed by atoms with E-state index < -0.39 is 5.82 Å². The van der Waals surface area contributed by atoms with Gasteiger partial charge in [0.25, 0.3) is 5.91 Å². The van der Waals surface area contributed by atoms with E-state index in [9.17, 15) is 9.18 Å². The molecule has 0 aliphatic heterocycles. The normalized spacial score (nSPS) is 10.9. The fourth-order valence-corrected chi connectivity index (χ4v) is 2.51. The molecule has 4 rings (SSSR count). The maximum absolute atomic E-state index is 13.6. The van der Waals surface area contributed by atoms with Gasteiger partial charge >= 0.3 is 0 Å². The van der Waals surface area contributed by atoms with Gasteiger partial charge in [-0.05, 0) is 52.9 Å². The summed E-state index contributed by atoms with van der Waals surface area (Å²) in [6.45, 7) is 0.170. The number of carbonyl (C=O) groups is 1. The largest absolute Gasteiger partial charge is 0.467 e. The molecule has 1 amide bonds. The van der Waals surface area contributed by atoms with Crippen molar-refractivity contribution < 1.29 is 13.6 Å². The van der Waals surface area contributed by atoms with E-state index in [2.05, 4.69) is 15.5 Å². The van der Waals surface area contributed by atoms with Gasteiger partial charge < -0.3 is 9.32 Å². The van der Waals surface area contributed by atoms with E-state index in [1.165, 1.54) is 34.0 Å². The lowest BCUT2D eigenvalue weighted by Crippen LogP contribution is -2.30. The minimum Gasteiger partial charge on any atom is -0.467 e. The van der Waals surface area contributed by atoms with Gasteiger partial charge in [0.1, 0.15) is 11.6 Å². The summed E-state index contributed by atoms with van der Waals surface area (Å²) in [5.41, 5.74) is 1.33. The van der Waals surface area contributed by atoms with E-state index in [1.807, 2.05) is 0 Å². The molecule has 0 saturated heterocycles. The first-order valence-electron chi connectivity index (χ1n) is 7.48. The molecule has 0 unspecified atom stereocenters. The molecule has 0 aliphatic rings. The van der Waals surface area contributed by atoms with Gasteiger partial charge in [-0.2, -0.15) is 4.52 Å². The van der Waals surface area contributed by atoms with Gasteiger partial charge in [0.15, 0.2) is 5.65 Å². The fourth-order valence-electron chi connectivity index (χ4n) is 2.51. The number of anilines is 1. The number of fused-ring (bicyclic) bond motifs is 1. The summed E-state index contributed by atoms with van der Waals surface area (Å²) in [6, 6.07) is 12.6. The first kappa shape index (κ1) is 15.0. The van der Waals surface area contributed by atoms with Crippen molar-refractivity contribution in [1.82, 2.24) is 20.0 Å². The summed E-state index contributed by atoms with van der Waals surface area (Å²) in [5.74, 6) is -0.161. The van der Waals surface area contributed by atoms with Crippen LogP contribution in [0.15, 0.2) is 65.4 Å². The zero-order chi connectivity index (χ0) is 17.2. The van der Waals surface area contributed by atoms with Gasteiger partial charge in [0.2, 0.25) is 0 Å². The molecule has 0 aliphatic carbocycles. The summed E-state index contributed by atoms with van der Waals surface area (Å²) in [6.07, 6.45) is 3.06. The number of rotatable bonds is 4. The van der Waals surface area contributed by atoms with Crippen molar-refractivity contribution in [2.45, 2.75) is 6.54 Å². The van der Waals surface area contributed by atoms with Gasteiger partial charge in [-0.15, -0.1) is 5.10 Å². The van der Waals surface area contributed by atoms with Crippen molar-refractivity contribution in [2.24, 2.45) is 0 Å². The van der Waals surface area contributed by atoms with E-state index in [-0.39, 0.29) is 12.5 Å². The summed E-state index contributed by atoms with van der Waals surface area (Å²) < 4.78 is 20.4. The van der Waals surface area contributed by atoms with Gasteiger partial charge in [0, 0.05) is 11.9 Å². The van der Waals surface area contributed by atoms with Crippen LogP contribution in [0.1, 0.15) is 16.1 Å². The quantitative estimate of drug-likeness (QED) is 0.572. The van der Waals surface area contributed by atoms with Crippen molar-refractivity contribution in [2.75, 3.05) is 4.90 Å². The van der Waals surface area contributed by atoms with E-state index >= 15 is 0 Å². The number of furan rings is 1. The lowest BCUT2D eigenvalue weighted by atomic mass is 10.2. The maximum atomic E-state index is 13.6. The van der Waals surface area contributed by atoms with E-state index in [0.717, 1.165) is 0 Å². The van der Waals surface area contributed by atoms with E-state index in [4.69, 9.17) is 4.42 Å². The second-order valence-electron chi connectivity index (χ2n) is 5.35. The molecule has 0 atom stereocenters. The molecule has 0 bridgehead atoms. The highest BCUT2D eigenvalue weighted by Gasteiger charge is 2.20. The van der Waals surface area contributed by atoms with Crippen LogP contribution < -0.4 is 4.90 Å². The highest BCUT2D eigenvalue weighted by atomic mass is 19.1. The number of halogens is 1. The molecule has 0 fully saturated rings. The number of hydrogen-bond donors (Lipinski definition) is 0. The lowest BCUT2D eigenvalue weighted by Gasteiger charge is -2.22. The maximum Gasteiger partial charge on any atom is 0.260 e. The van der Waals surface area contributed by atoms with Crippen molar-refractivity contribution in [1.29, 1.82) is 0 Å². The summed E-state index contributed by atoms with van der Waals surface area (Å²) >= 11 is 0. The predicted octanol–water partition coefficient (Wildman–Crippen LogP) is 2.70. The van der Waals surface area contributed by atoms with Crippen LogP contribution in [-0.4, -0.2) is 25.9 Å². The van der Waals surface area contributed by atoms with Crippen molar-refractivity contribution in [3.05, 3.63) is 78.1 Å². The Balaban J connectivity index is 1.74. The molecule has 25 heavy (non-hydrogen) atoms. The van der Waals surface area contributed by atoms with Crippen molar-refractivity contribution in [3.8, 4) is 0 Å². The van der Waals surface area contributed by atoms with Crippen molar-refractivity contribution in [3.63, 3.8) is 0 Å². The van der Waals surface area contributed by atoms with Crippen LogP contribution in [0.3, 0.4) is 0 Å². The summed E-state index contributed by atoms with van der Waals surface area (Å²) in [5, 5.41) is 11.1. The average Bonchev–Trinajstić information content (AvgIpc) is 3.30. The summed E-state index contributed by atoms with van der Waals surface area (Å²) in [4.78, 5) is 14.5. The number of amides is 1. The number of aromatic nitrogens is 4. The zero-order valence-electron chi connectivity index (χ0n) is 12.9. The van der Waals surface area contributed by atoms with Gasteiger partial charge in [-0.3, -0.25) is 4.79 Å². The van der Waals surface area contributed by atoms with Gasteiger partial charge in [0.05, 0.1) is 18.4 Å².